The third-order valence-corrected chi connectivity index (χ3v) is 3.71. The van der Waals surface area contributed by atoms with Gasteiger partial charge in [0.15, 0.2) is 0 Å². The number of benzene rings is 2. The normalized spacial score (nSPS) is 10.6. The maximum Gasteiger partial charge on any atom is 0.128 e. The summed E-state index contributed by atoms with van der Waals surface area (Å²) in [6, 6.07) is 19.7. The SMILES string of the molecule is CCNCc1cc(-c2ccccc2OCCOc2ccccc2)n[nH]1. The van der Waals surface area contributed by atoms with E-state index in [1.807, 2.05) is 60.7 Å². The Kier molecular flexibility index (Phi) is 6.06. The predicted octanol–water partition coefficient (Wildman–Crippen LogP) is 3.64. The van der Waals surface area contributed by atoms with Gasteiger partial charge in [0.25, 0.3) is 0 Å². The molecule has 0 saturated carbocycles. The van der Waals surface area contributed by atoms with Crippen LogP contribution < -0.4 is 14.8 Å². The van der Waals surface area contributed by atoms with Gasteiger partial charge in [-0.2, -0.15) is 5.10 Å². The van der Waals surface area contributed by atoms with E-state index in [9.17, 15) is 0 Å². The summed E-state index contributed by atoms with van der Waals surface area (Å²) in [6.07, 6.45) is 0. The Morgan fingerprint density at radius 1 is 0.960 bits per heavy atom. The quantitative estimate of drug-likeness (QED) is 0.585. The van der Waals surface area contributed by atoms with Gasteiger partial charge in [-0.3, -0.25) is 5.10 Å². The highest BCUT2D eigenvalue weighted by atomic mass is 16.5. The van der Waals surface area contributed by atoms with E-state index in [1.54, 1.807) is 0 Å². The van der Waals surface area contributed by atoms with Gasteiger partial charge in [-0.1, -0.05) is 37.3 Å². The number of rotatable bonds is 9. The molecule has 3 rings (SSSR count). The van der Waals surface area contributed by atoms with Crippen LogP contribution in [0.5, 0.6) is 11.5 Å². The van der Waals surface area contributed by atoms with Crippen molar-refractivity contribution in [3.63, 3.8) is 0 Å². The number of hydrogen-bond acceptors (Lipinski definition) is 4. The second-order valence-electron chi connectivity index (χ2n) is 5.56. The number of aromatic amines is 1. The van der Waals surface area contributed by atoms with E-state index < -0.39 is 0 Å². The lowest BCUT2D eigenvalue weighted by Crippen LogP contribution is -2.11. The molecule has 5 heteroatoms. The van der Waals surface area contributed by atoms with Crippen molar-refractivity contribution < 1.29 is 9.47 Å². The molecule has 0 unspecified atom stereocenters. The van der Waals surface area contributed by atoms with Gasteiger partial charge in [-0.15, -0.1) is 0 Å². The zero-order chi connectivity index (χ0) is 17.3. The molecule has 2 N–H and O–H groups in total. The van der Waals surface area contributed by atoms with Crippen LogP contribution in [-0.4, -0.2) is 30.0 Å². The number of ether oxygens (including phenoxy) is 2. The van der Waals surface area contributed by atoms with Gasteiger partial charge in [0, 0.05) is 17.8 Å². The molecule has 0 bridgehead atoms. The molecule has 0 radical (unpaired) electrons. The fourth-order valence-corrected chi connectivity index (χ4v) is 2.48. The molecular formula is C20H23N3O2. The molecule has 0 aliphatic rings. The van der Waals surface area contributed by atoms with Crippen LogP contribution in [0.2, 0.25) is 0 Å². The van der Waals surface area contributed by atoms with E-state index in [4.69, 9.17) is 9.47 Å². The van der Waals surface area contributed by atoms with Gasteiger partial charge in [0.2, 0.25) is 0 Å². The van der Waals surface area contributed by atoms with Crippen LogP contribution in [0.15, 0.2) is 60.7 Å². The average Bonchev–Trinajstić information content (AvgIpc) is 3.13. The molecule has 5 nitrogen and oxygen atoms in total. The molecule has 0 amide bonds. The molecule has 1 aromatic heterocycles. The number of nitrogens with one attached hydrogen (secondary N) is 2. The second-order valence-corrected chi connectivity index (χ2v) is 5.56. The lowest BCUT2D eigenvalue weighted by Gasteiger charge is -2.11. The van der Waals surface area contributed by atoms with Gasteiger partial charge < -0.3 is 14.8 Å². The van der Waals surface area contributed by atoms with Crippen LogP contribution in [0.25, 0.3) is 11.3 Å². The van der Waals surface area contributed by atoms with Gasteiger partial charge in [0.05, 0.1) is 5.69 Å². The van der Waals surface area contributed by atoms with Gasteiger partial charge in [-0.25, -0.2) is 0 Å². The highest BCUT2D eigenvalue weighted by Gasteiger charge is 2.09. The number of H-pyrrole nitrogens is 1. The minimum atomic E-state index is 0.473. The lowest BCUT2D eigenvalue weighted by molar-refractivity contribution is 0.217. The Balaban J connectivity index is 1.60. The van der Waals surface area contributed by atoms with Crippen LogP contribution in [0, 0.1) is 0 Å². The Morgan fingerprint density at radius 2 is 1.72 bits per heavy atom. The van der Waals surface area contributed by atoms with Gasteiger partial charge >= 0.3 is 0 Å². The molecule has 130 valence electrons. The molecule has 0 saturated heterocycles. The molecule has 2 aromatic carbocycles. The molecule has 0 fully saturated rings. The summed E-state index contributed by atoms with van der Waals surface area (Å²) in [7, 11) is 0. The maximum absolute atomic E-state index is 5.91. The van der Waals surface area contributed by atoms with Crippen LogP contribution in [0.3, 0.4) is 0 Å². The van der Waals surface area contributed by atoms with Crippen LogP contribution >= 0.6 is 0 Å². The van der Waals surface area contributed by atoms with Crippen molar-refractivity contribution in [3.05, 3.63) is 66.4 Å². The zero-order valence-electron chi connectivity index (χ0n) is 14.4. The summed E-state index contributed by atoms with van der Waals surface area (Å²) in [4.78, 5) is 0. The molecule has 0 aliphatic carbocycles. The third kappa shape index (κ3) is 4.84. The minimum absolute atomic E-state index is 0.473. The highest BCUT2D eigenvalue weighted by molar-refractivity contribution is 5.67. The van der Waals surface area contributed by atoms with Crippen LogP contribution in [0.4, 0.5) is 0 Å². The number of aromatic nitrogens is 2. The van der Waals surface area contributed by atoms with E-state index in [0.29, 0.717) is 13.2 Å². The Labute approximate surface area is 148 Å². The first-order chi connectivity index (χ1) is 12.4. The lowest BCUT2D eigenvalue weighted by atomic mass is 10.1. The average molecular weight is 337 g/mol. The van der Waals surface area contributed by atoms with Gasteiger partial charge in [0.1, 0.15) is 24.7 Å². The Morgan fingerprint density at radius 3 is 2.56 bits per heavy atom. The molecular weight excluding hydrogens is 314 g/mol. The van der Waals surface area contributed by atoms with Crippen molar-refractivity contribution in [1.29, 1.82) is 0 Å². The van der Waals surface area contributed by atoms with E-state index in [1.165, 1.54) is 0 Å². The first kappa shape index (κ1) is 17.0. The first-order valence-electron chi connectivity index (χ1n) is 8.52. The van der Waals surface area contributed by atoms with Crippen LogP contribution in [0.1, 0.15) is 12.6 Å². The van der Waals surface area contributed by atoms with Crippen molar-refractivity contribution >= 4 is 0 Å². The summed E-state index contributed by atoms with van der Waals surface area (Å²) >= 11 is 0. The van der Waals surface area contributed by atoms with Gasteiger partial charge in [-0.05, 0) is 36.9 Å². The standard InChI is InChI=1S/C20H23N3O2/c1-2-21-15-16-14-19(23-22-16)18-10-6-7-11-20(18)25-13-12-24-17-8-4-3-5-9-17/h3-11,14,21H,2,12-13,15H2,1H3,(H,22,23). The van der Waals surface area contributed by atoms with E-state index in [-0.39, 0.29) is 0 Å². The van der Waals surface area contributed by atoms with Crippen molar-refractivity contribution in [1.82, 2.24) is 15.5 Å². The van der Waals surface area contributed by atoms with E-state index in [0.717, 1.165) is 41.5 Å². The maximum atomic E-state index is 5.91. The fourth-order valence-electron chi connectivity index (χ4n) is 2.48. The molecule has 0 spiro atoms. The highest BCUT2D eigenvalue weighted by Crippen LogP contribution is 2.28. The zero-order valence-corrected chi connectivity index (χ0v) is 14.4. The molecule has 0 aliphatic heterocycles. The summed E-state index contributed by atoms with van der Waals surface area (Å²) in [5, 5.41) is 10.7. The summed E-state index contributed by atoms with van der Waals surface area (Å²) in [6.45, 7) is 4.75. The van der Waals surface area contributed by atoms with E-state index >= 15 is 0 Å². The minimum Gasteiger partial charge on any atom is -0.490 e. The monoisotopic (exact) mass is 337 g/mol. The van der Waals surface area contributed by atoms with Crippen molar-refractivity contribution in [2.75, 3.05) is 19.8 Å². The number of hydrogen-bond donors (Lipinski definition) is 2. The largest absolute Gasteiger partial charge is 0.490 e. The molecule has 1 heterocycles. The van der Waals surface area contributed by atoms with Crippen LogP contribution in [-0.2, 0) is 6.54 Å². The van der Waals surface area contributed by atoms with Crippen molar-refractivity contribution in [2.24, 2.45) is 0 Å². The second kappa shape index (κ2) is 8.89. The smallest absolute Gasteiger partial charge is 0.128 e. The topological polar surface area (TPSA) is 59.2 Å². The molecule has 0 atom stereocenters. The molecule has 3 aromatic rings. The summed E-state index contributed by atoms with van der Waals surface area (Å²) < 4.78 is 11.6. The first-order valence-corrected chi connectivity index (χ1v) is 8.52. The van der Waals surface area contributed by atoms with Crippen molar-refractivity contribution in [3.8, 4) is 22.8 Å². The Bertz CT molecular complexity index is 771. The van der Waals surface area contributed by atoms with Crippen molar-refractivity contribution in [2.45, 2.75) is 13.5 Å². The molecule has 25 heavy (non-hydrogen) atoms. The number of nitrogens with zero attached hydrogens (tertiary/aromatic N) is 1. The fraction of sp³-hybridized carbons (Fsp3) is 0.250. The van der Waals surface area contributed by atoms with E-state index in [2.05, 4.69) is 22.4 Å². The predicted molar refractivity (Wildman–Crippen MR) is 98.8 cm³/mol. The summed E-state index contributed by atoms with van der Waals surface area (Å²) in [5.41, 5.74) is 2.91. The number of para-hydroxylation sites is 2. The summed E-state index contributed by atoms with van der Waals surface area (Å²) in [5.74, 6) is 1.65. The third-order valence-electron chi connectivity index (χ3n) is 3.71. The Hall–Kier alpha value is -2.79.